The van der Waals surface area contributed by atoms with Gasteiger partial charge in [-0.1, -0.05) is 23.7 Å². The molecule has 0 spiro atoms. The molecule has 1 amide bonds. The number of para-hydroxylation sites is 1. The van der Waals surface area contributed by atoms with Crippen LogP contribution in [-0.4, -0.2) is 15.9 Å². The highest BCUT2D eigenvalue weighted by Crippen LogP contribution is 2.29. The van der Waals surface area contributed by atoms with Gasteiger partial charge in [-0.2, -0.15) is 0 Å². The maximum atomic E-state index is 13.8. The van der Waals surface area contributed by atoms with E-state index in [4.69, 9.17) is 11.6 Å². The van der Waals surface area contributed by atoms with Crippen LogP contribution in [0.15, 0.2) is 60.8 Å². The Morgan fingerprint density at radius 1 is 1.12 bits per heavy atom. The molecule has 0 saturated carbocycles. The Bertz CT molecular complexity index is 1080. The van der Waals surface area contributed by atoms with E-state index < -0.39 is 11.7 Å². The molecule has 0 radical (unpaired) electrons. The third kappa shape index (κ3) is 3.29. The number of rotatable bonds is 3. The van der Waals surface area contributed by atoms with E-state index in [9.17, 15) is 9.18 Å². The molecule has 2 heterocycles. The maximum Gasteiger partial charge on any atom is 0.259 e. The zero-order valence-corrected chi connectivity index (χ0v) is 14.8. The molecular weight excluding hydrogens is 373 g/mol. The van der Waals surface area contributed by atoms with E-state index in [1.165, 1.54) is 12.1 Å². The van der Waals surface area contributed by atoms with Crippen LogP contribution >= 0.6 is 22.9 Å². The number of fused-ring (bicyclic) bond motifs is 1. The standard InChI is InChI=1S/C19H11ClFN3OS/c20-12-6-7-13(14(21)9-12)18(25)24-17-8-5-11(10-22-17)19-23-15-3-1-2-4-16(15)26-19/h1-10H,(H,22,24,25). The number of pyridine rings is 1. The number of hydrogen-bond donors (Lipinski definition) is 1. The van der Waals surface area contributed by atoms with Crippen LogP contribution in [0.5, 0.6) is 0 Å². The second-order valence-corrected chi connectivity index (χ2v) is 6.96. The number of nitrogens with zero attached hydrogens (tertiary/aromatic N) is 2. The Hall–Kier alpha value is -2.83. The molecule has 4 rings (SSSR count). The minimum absolute atomic E-state index is 0.0913. The molecule has 0 fully saturated rings. The fraction of sp³-hybridized carbons (Fsp3) is 0. The highest BCUT2D eigenvalue weighted by atomic mass is 35.5. The fourth-order valence-corrected chi connectivity index (χ4v) is 3.56. The van der Waals surface area contributed by atoms with E-state index in [1.54, 1.807) is 23.6 Å². The summed E-state index contributed by atoms with van der Waals surface area (Å²) in [6.45, 7) is 0. The summed E-state index contributed by atoms with van der Waals surface area (Å²) >= 11 is 7.27. The van der Waals surface area contributed by atoms with Gasteiger partial charge < -0.3 is 5.32 Å². The second kappa shape index (κ2) is 6.82. The average Bonchev–Trinajstić information content (AvgIpc) is 3.06. The molecule has 26 heavy (non-hydrogen) atoms. The van der Waals surface area contributed by atoms with Gasteiger partial charge in [-0.3, -0.25) is 4.79 Å². The number of anilines is 1. The van der Waals surface area contributed by atoms with Crippen LogP contribution in [-0.2, 0) is 0 Å². The molecule has 2 aromatic carbocycles. The molecule has 0 atom stereocenters. The lowest BCUT2D eigenvalue weighted by atomic mass is 10.2. The number of halogens is 2. The van der Waals surface area contributed by atoms with Gasteiger partial charge in [-0.05, 0) is 42.5 Å². The fourth-order valence-electron chi connectivity index (χ4n) is 2.45. The smallest absolute Gasteiger partial charge is 0.259 e. The van der Waals surface area contributed by atoms with E-state index in [0.29, 0.717) is 5.82 Å². The van der Waals surface area contributed by atoms with E-state index in [2.05, 4.69) is 15.3 Å². The molecule has 1 N–H and O–H groups in total. The zero-order valence-electron chi connectivity index (χ0n) is 13.2. The van der Waals surface area contributed by atoms with Gasteiger partial charge in [0.05, 0.1) is 15.8 Å². The Morgan fingerprint density at radius 3 is 2.69 bits per heavy atom. The number of aromatic nitrogens is 2. The molecule has 2 aromatic heterocycles. The first-order valence-corrected chi connectivity index (χ1v) is 8.88. The van der Waals surface area contributed by atoms with Crippen LogP contribution in [0.1, 0.15) is 10.4 Å². The van der Waals surface area contributed by atoms with Gasteiger partial charge in [-0.25, -0.2) is 14.4 Å². The second-order valence-electron chi connectivity index (χ2n) is 5.50. The summed E-state index contributed by atoms with van der Waals surface area (Å²) in [5, 5.41) is 3.65. The van der Waals surface area contributed by atoms with Crippen molar-refractivity contribution >= 4 is 44.9 Å². The van der Waals surface area contributed by atoms with Crippen LogP contribution in [0.4, 0.5) is 10.2 Å². The summed E-state index contributed by atoms with van der Waals surface area (Å²) in [7, 11) is 0. The first-order chi connectivity index (χ1) is 12.6. The van der Waals surface area contributed by atoms with Crippen molar-refractivity contribution in [3.05, 3.63) is 77.2 Å². The monoisotopic (exact) mass is 383 g/mol. The van der Waals surface area contributed by atoms with Crippen molar-refractivity contribution in [2.24, 2.45) is 0 Å². The van der Waals surface area contributed by atoms with Crippen molar-refractivity contribution in [3.63, 3.8) is 0 Å². The molecule has 0 unspecified atom stereocenters. The molecule has 4 aromatic rings. The quantitative estimate of drug-likeness (QED) is 0.515. The third-order valence-electron chi connectivity index (χ3n) is 3.72. The van der Waals surface area contributed by atoms with Crippen molar-refractivity contribution in [1.29, 1.82) is 0 Å². The Labute approximate surface area is 157 Å². The number of hydrogen-bond acceptors (Lipinski definition) is 4. The molecule has 0 saturated heterocycles. The number of carbonyl (C=O) groups excluding carboxylic acids is 1. The van der Waals surface area contributed by atoms with Gasteiger partial charge in [0.1, 0.15) is 16.6 Å². The molecule has 4 nitrogen and oxygen atoms in total. The highest BCUT2D eigenvalue weighted by Gasteiger charge is 2.13. The van der Waals surface area contributed by atoms with Crippen molar-refractivity contribution in [1.82, 2.24) is 9.97 Å². The third-order valence-corrected chi connectivity index (χ3v) is 5.04. The molecule has 0 aliphatic rings. The zero-order chi connectivity index (χ0) is 18.1. The van der Waals surface area contributed by atoms with E-state index in [1.807, 2.05) is 30.3 Å². The number of carbonyl (C=O) groups is 1. The molecule has 0 bridgehead atoms. The SMILES string of the molecule is O=C(Nc1ccc(-c2nc3ccccc3s2)cn1)c1ccc(Cl)cc1F. The van der Waals surface area contributed by atoms with Crippen LogP contribution < -0.4 is 5.32 Å². The first-order valence-electron chi connectivity index (χ1n) is 7.68. The maximum absolute atomic E-state index is 13.8. The van der Waals surface area contributed by atoms with Gasteiger partial charge in [0, 0.05) is 16.8 Å². The van der Waals surface area contributed by atoms with Crippen LogP contribution in [0, 0.1) is 5.82 Å². The predicted molar refractivity (Wildman–Crippen MR) is 102 cm³/mol. The topological polar surface area (TPSA) is 54.9 Å². The number of amides is 1. The summed E-state index contributed by atoms with van der Waals surface area (Å²) < 4.78 is 14.9. The number of benzene rings is 2. The predicted octanol–water partition coefficient (Wildman–Crippen LogP) is 5.40. The Balaban J connectivity index is 1.55. The largest absolute Gasteiger partial charge is 0.306 e. The van der Waals surface area contributed by atoms with Crippen molar-refractivity contribution < 1.29 is 9.18 Å². The van der Waals surface area contributed by atoms with E-state index in [-0.39, 0.29) is 10.6 Å². The summed E-state index contributed by atoms with van der Waals surface area (Å²) in [4.78, 5) is 21.0. The first kappa shape index (κ1) is 16.6. The lowest BCUT2D eigenvalue weighted by molar-refractivity contribution is 0.102. The van der Waals surface area contributed by atoms with Crippen LogP contribution in [0.3, 0.4) is 0 Å². The highest BCUT2D eigenvalue weighted by molar-refractivity contribution is 7.21. The molecule has 0 aliphatic heterocycles. The summed E-state index contributed by atoms with van der Waals surface area (Å²) in [6, 6.07) is 15.3. The number of nitrogens with one attached hydrogen (secondary N) is 1. The van der Waals surface area contributed by atoms with Crippen LogP contribution in [0.25, 0.3) is 20.8 Å². The van der Waals surface area contributed by atoms with Gasteiger partial charge >= 0.3 is 0 Å². The summed E-state index contributed by atoms with van der Waals surface area (Å²) in [6.07, 6.45) is 1.63. The van der Waals surface area contributed by atoms with Gasteiger partial charge in [0.2, 0.25) is 0 Å². The number of thiazole rings is 1. The van der Waals surface area contributed by atoms with Gasteiger partial charge in [-0.15, -0.1) is 11.3 Å². The van der Waals surface area contributed by atoms with Crippen LogP contribution in [0.2, 0.25) is 5.02 Å². The molecular formula is C19H11ClFN3OS. The minimum Gasteiger partial charge on any atom is -0.306 e. The molecule has 7 heteroatoms. The van der Waals surface area contributed by atoms with E-state index >= 15 is 0 Å². The molecule has 0 aliphatic carbocycles. The lowest BCUT2D eigenvalue weighted by Gasteiger charge is -2.06. The lowest BCUT2D eigenvalue weighted by Crippen LogP contribution is -2.14. The molecule has 128 valence electrons. The van der Waals surface area contributed by atoms with E-state index in [0.717, 1.165) is 26.9 Å². The Morgan fingerprint density at radius 2 is 1.96 bits per heavy atom. The average molecular weight is 384 g/mol. The van der Waals surface area contributed by atoms with Gasteiger partial charge in [0.25, 0.3) is 5.91 Å². The Kier molecular flexibility index (Phi) is 4.36. The summed E-state index contributed by atoms with van der Waals surface area (Å²) in [5.74, 6) is -0.935. The minimum atomic E-state index is -0.680. The van der Waals surface area contributed by atoms with Crippen molar-refractivity contribution in [3.8, 4) is 10.6 Å². The summed E-state index contributed by atoms with van der Waals surface area (Å²) in [5.41, 5.74) is 1.69. The normalized spacial score (nSPS) is 10.8. The van der Waals surface area contributed by atoms with Crippen molar-refractivity contribution in [2.45, 2.75) is 0 Å². The van der Waals surface area contributed by atoms with Gasteiger partial charge in [0.15, 0.2) is 0 Å². The van der Waals surface area contributed by atoms with Crippen molar-refractivity contribution in [2.75, 3.05) is 5.32 Å².